The summed E-state index contributed by atoms with van der Waals surface area (Å²) in [5.74, 6) is -0.109. The molecule has 2 amide bonds. The van der Waals surface area contributed by atoms with Crippen LogP contribution in [-0.4, -0.2) is 34.3 Å². The van der Waals surface area contributed by atoms with Crippen LogP contribution in [0.3, 0.4) is 0 Å². The molecule has 2 aromatic rings. The molecule has 0 spiro atoms. The molecule has 0 saturated heterocycles. The molecule has 1 aliphatic carbocycles. The van der Waals surface area contributed by atoms with Gasteiger partial charge in [-0.15, -0.1) is 23.5 Å². The van der Waals surface area contributed by atoms with Crippen molar-refractivity contribution < 1.29 is 9.59 Å². The molecule has 2 aromatic heterocycles. The Morgan fingerprint density at radius 1 is 0.786 bits per heavy atom. The van der Waals surface area contributed by atoms with Crippen molar-refractivity contribution in [3.8, 4) is 0 Å². The average Bonchev–Trinajstić information content (AvgIpc) is 2.75. The van der Waals surface area contributed by atoms with Gasteiger partial charge in [-0.25, -0.2) is 9.97 Å². The van der Waals surface area contributed by atoms with Crippen LogP contribution in [0, 0.1) is 11.8 Å². The number of pyridine rings is 2. The fourth-order valence-electron chi connectivity index (χ4n) is 3.26. The molecule has 0 aromatic carbocycles. The summed E-state index contributed by atoms with van der Waals surface area (Å²) in [5.41, 5.74) is 1.42. The third-order valence-electron chi connectivity index (χ3n) is 4.89. The van der Waals surface area contributed by atoms with Gasteiger partial charge in [-0.1, -0.05) is 0 Å². The van der Waals surface area contributed by atoms with E-state index < -0.39 is 0 Å². The van der Waals surface area contributed by atoms with Crippen LogP contribution in [0.1, 0.15) is 25.7 Å². The Labute approximate surface area is 173 Å². The van der Waals surface area contributed by atoms with Gasteiger partial charge in [0.1, 0.15) is 0 Å². The fraction of sp³-hybridized carbons (Fsp3) is 0.400. The van der Waals surface area contributed by atoms with E-state index in [1.165, 1.54) is 0 Å². The van der Waals surface area contributed by atoms with Crippen molar-refractivity contribution in [2.45, 2.75) is 35.7 Å². The first kappa shape index (κ1) is 20.7. The van der Waals surface area contributed by atoms with Gasteiger partial charge < -0.3 is 10.6 Å². The predicted molar refractivity (Wildman–Crippen MR) is 115 cm³/mol. The number of carbonyl (C=O) groups excluding carboxylic acids is 2. The maximum atomic E-state index is 12.5. The van der Waals surface area contributed by atoms with Crippen LogP contribution in [0.2, 0.25) is 0 Å². The Morgan fingerprint density at radius 2 is 1.18 bits per heavy atom. The van der Waals surface area contributed by atoms with Gasteiger partial charge >= 0.3 is 0 Å². The summed E-state index contributed by atoms with van der Waals surface area (Å²) in [6, 6.07) is 7.52. The molecule has 2 heterocycles. The number of nitrogens with zero attached hydrogens (tertiary/aromatic N) is 2. The van der Waals surface area contributed by atoms with Gasteiger partial charge in [0.15, 0.2) is 0 Å². The van der Waals surface area contributed by atoms with E-state index in [4.69, 9.17) is 0 Å². The normalized spacial score (nSPS) is 19.1. The molecule has 8 heteroatoms. The van der Waals surface area contributed by atoms with Crippen LogP contribution >= 0.6 is 23.5 Å². The Kier molecular flexibility index (Phi) is 7.33. The molecule has 28 heavy (non-hydrogen) atoms. The van der Waals surface area contributed by atoms with Gasteiger partial charge in [-0.3, -0.25) is 9.59 Å². The summed E-state index contributed by atoms with van der Waals surface area (Å²) in [5, 5.41) is 7.71. The van der Waals surface area contributed by atoms with Crippen LogP contribution in [0.5, 0.6) is 0 Å². The third kappa shape index (κ3) is 5.48. The standard InChI is InChI=1S/C20H24N4O2S2/c1-27-17-9-7-15(11-21-17)23-19(25)13-3-5-14(6-4-13)20(26)24-16-8-10-18(28-2)22-12-16/h7-14H,3-6H2,1-2H3,(H,23,25)(H,24,26). The van der Waals surface area contributed by atoms with E-state index in [-0.39, 0.29) is 23.7 Å². The van der Waals surface area contributed by atoms with E-state index in [0.29, 0.717) is 37.1 Å². The van der Waals surface area contributed by atoms with Crippen molar-refractivity contribution in [1.29, 1.82) is 0 Å². The number of amides is 2. The second-order valence-corrected chi connectivity index (χ2v) is 8.36. The lowest BCUT2D eigenvalue weighted by Crippen LogP contribution is -2.32. The van der Waals surface area contributed by atoms with Crippen LogP contribution in [0.4, 0.5) is 11.4 Å². The minimum absolute atomic E-state index is 0.00872. The van der Waals surface area contributed by atoms with E-state index >= 15 is 0 Å². The summed E-state index contributed by atoms with van der Waals surface area (Å²) in [4.78, 5) is 33.5. The molecule has 0 bridgehead atoms. The first-order valence-corrected chi connectivity index (χ1v) is 11.7. The van der Waals surface area contributed by atoms with Gasteiger partial charge in [-0.2, -0.15) is 0 Å². The molecule has 2 N–H and O–H groups in total. The molecule has 6 nitrogen and oxygen atoms in total. The average molecular weight is 417 g/mol. The third-order valence-corrected chi connectivity index (χ3v) is 6.21. The molecule has 0 aliphatic heterocycles. The lowest BCUT2D eigenvalue weighted by Gasteiger charge is -2.27. The summed E-state index contributed by atoms with van der Waals surface area (Å²) in [6.07, 6.45) is 10.1. The van der Waals surface area contributed by atoms with E-state index in [1.54, 1.807) is 35.9 Å². The largest absolute Gasteiger partial charge is 0.324 e. The molecular weight excluding hydrogens is 392 g/mol. The Balaban J connectivity index is 1.47. The summed E-state index contributed by atoms with van der Waals surface area (Å²) in [7, 11) is 0. The highest BCUT2D eigenvalue weighted by Crippen LogP contribution is 2.30. The molecule has 1 saturated carbocycles. The number of hydrogen-bond acceptors (Lipinski definition) is 6. The highest BCUT2D eigenvalue weighted by Gasteiger charge is 2.30. The molecule has 0 atom stereocenters. The van der Waals surface area contributed by atoms with Crippen LogP contribution in [0.25, 0.3) is 0 Å². The number of aromatic nitrogens is 2. The first-order chi connectivity index (χ1) is 13.6. The minimum atomic E-state index is -0.0631. The number of thioether (sulfide) groups is 2. The molecular formula is C20H24N4O2S2. The van der Waals surface area contributed by atoms with Crippen LogP contribution in [-0.2, 0) is 9.59 Å². The molecule has 0 radical (unpaired) electrons. The summed E-state index contributed by atoms with van der Waals surface area (Å²) < 4.78 is 0. The molecule has 1 aliphatic rings. The van der Waals surface area contributed by atoms with Gasteiger partial charge in [0.05, 0.1) is 33.8 Å². The van der Waals surface area contributed by atoms with Gasteiger partial charge in [0.25, 0.3) is 0 Å². The van der Waals surface area contributed by atoms with Crippen molar-refractivity contribution >= 4 is 46.7 Å². The quantitative estimate of drug-likeness (QED) is 0.683. The van der Waals surface area contributed by atoms with Crippen molar-refractivity contribution in [1.82, 2.24) is 9.97 Å². The van der Waals surface area contributed by atoms with Gasteiger partial charge in [-0.05, 0) is 62.5 Å². The van der Waals surface area contributed by atoms with E-state index in [0.717, 1.165) is 10.1 Å². The maximum absolute atomic E-state index is 12.5. The number of hydrogen-bond donors (Lipinski definition) is 2. The summed E-state index contributed by atoms with van der Waals surface area (Å²) >= 11 is 3.13. The Hall–Kier alpha value is -2.06. The van der Waals surface area contributed by atoms with Crippen molar-refractivity contribution in [2.75, 3.05) is 23.1 Å². The first-order valence-electron chi connectivity index (χ1n) is 9.21. The minimum Gasteiger partial charge on any atom is -0.324 e. The second kappa shape index (κ2) is 9.93. The highest BCUT2D eigenvalue weighted by atomic mass is 32.2. The number of carbonyl (C=O) groups is 2. The van der Waals surface area contributed by atoms with Crippen molar-refractivity contribution in [2.24, 2.45) is 11.8 Å². The lowest BCUT2D eigenvalue weighted by molar-refractivity contribution is -0.125. The van der Waals surface area contributed by atoms with Crippen molar-refractivity contribution in [3.63, 3.8) is 0 Å². The number of nitrogens with one attached hydrogen (secondary N) is 2. The molecule has 3 rings (SSSR count). The highest BCUT2D eigenvalue weighted by molar-refractivity contribution is 7.98. The zero-order valence-electron chi connectivity index (χ0n) is 16.0. The van der Waals surface area contributed by atoms with Crippen LogP contribution in [0.15, 0.2) is 46.7 Å². The van der Waals surface area contributed by atoms with Gasteiger partial charge in [0, 0.05) is 11.8 Å². The number of rotatable bonds is 6. The predicted octanol–water partition coefficient (Wildman–Crippen LogP) is 4.30. The Morgan fingerprint density at radius 3 is 1.46 bits per heavy atom. The van der Waals surface area contributed by atoms with Crippen LogP contribution < -0.4 is 10.6 Å². The Bertz CT molecular complexity index is 734. The zero-order chi connectivity index (χ0) is 19.9. The smallest absolute Gasteiger partial charge is 0.227 e. The molecule has 148 valence electrons. The summed E-state index contributed by atoms with van der Waals surface area (Å²) in [6.45, 7) is 0. The number of anilines is 2. The monoisotopic (exact) mass is 416 g/mol. The van der Waals surface area contributed by atoms with E-state index in [9.17, 15) is 9.59 Å². The molecule has 1 fully saturated rings. The molecule has 0 unspecified atom stereocenters. The second-order valence-electron chi connectivity index (χ2n) is 6.71. The van der Waals surface area contributed by atoms with Gasteiger partial charge in [0.2, 0.25) is 11.8 Å². The maximum Gasteiger partial charge on any atom is 0.227 e. The van der Waals surface area contributed by atoms with E-state index in [2.05, 4.69) is 20.6 Å². The topological polar surface area (TPSA) is 84.0 Å². The fourth-order valence-corrected chi connectivity index (χ4v) is 3.98. The lowest BCUT2D eigenvalue weighted by atomic mass is 9.81. The van der Waals surface area contributed by atoms with Crippen molar-refractivity contribution in [3.05, 3.63) is 36.7 Å². The zero-order valence-corrected chi connectivity index (χ0v) is 17.6. The SMILES string of the molecule is CSc1ccc(NC(=O)C2CCC(C(=O)Nc3ccc(SC)nc3)CC2)cn1. The van der Waals surface area contributed by atoms with E-state index in [1.807, 2.05) is 36.8 Å².